The topological polar surface area (TPSA) is 70.8 Å². The van der Waals surface area contributed by atoms with E-state index in [0.717, 1.165) is 77.2 Å². The van der Waals surface area contributed by atoms with E-state index < -0.39 is 5.54 Å². The normalized spacial score (nSPS) is 23.4. The molecule has 174 valence electrons. The van der Waals surface area contributed by atoms with Crippen LogP contribution in [0.3, 0.4) is 0 Å². The molecule has 4 heterocycles. The van der Waals surface area contributed by atoms with Crippen LogP contribution in [0.15, 0.2) is 41.5 Å². The number of likely N-dealkylation sites (tertiary alicyclic amines) is 1. The van der Waals surface area contributed by atoms with Gasteiger partial charge in [0.25, 0.3) is 5.91 Å². The number of fused-ring (bicyclic) bond motifs is 1. The number of aryl methyl sites for hydroxylation is 1. The summed E-state index contributed by atoms with van der Waals surface area (Å²) in [6.07, 6.45) is 6.63. The number of nitrogens with zero attached hydrogens (tertiary/aromatic N) is 5. The second kappa shape index (κ2) is 7.25. The van der Waals surface area contributed by atoms with Gasteiger partial charge in [-0.3, -0.25) is 24.2 Å². The average Bonchev–Trinajstić information content (AvgIpc) is 3.66. The monoisotopic (exact) mass is 473 g/mol. The molecular formula is C26H27N5O2S. The standard InChI is InChI=1S/C26H27N5O2S/c1-29-20-5-4-18(12-19(20)13-27-29)21-6-7-22(34-21)23-28-26(9-10-26)25(33)31(23)15-16-8-11-30(14-16)24(32)17-2-3-17/h4-7,12-13,16-17H,2-3,8-11,14-15H2,1H3/t16-/m1/s1. The molecule has 0 radical (unpaired) electrons. The summed E-state index contributed by atoms with van der Waals surface area (Å²) in [5.41, 5.74) is 1.74. The molecule has 0 bridgehead atoms. The summed E-state index contributed by atoms with van der Waals surface area (Å²) in [5.74, 6) is 1.87. The molecule has 1 saturated heterocycles. The Morgan fingerprint density at radius 1 is 1.15 bits per heavy atom. The van der Waals surface area contributed by atoms with Crippen molar-refractivity contribution in [3.8, 4) is 10.4 Å². The van der Waals surface area contributed by atoms with Gasteiger partial charge in [-0.2, -0.15) is 5.10 Å². The predicted octanol–water partition coefficient (Wildman–Crippen LogP) is 3.68. The number of thiophene rings is 1. The zero-order valence-electron chi connectivity index (χ0n) is 19.2. The fourth-order valence-corrected chi connectivity index (χ4v) is 6.42. The van der Waals surface area contributed by atoms with Crippen LogP contribution in [-0.2, 0) is 16.6 Å². The summed E-state index contributed by atoms with van der Waals surface area (Å²) >= 11 is 1.69. The van der Waals surface area contributed by atoms with E-state index in [-0.39, 0.29) is 11.8 Å². The molecular weight excluding hydrogens is 446 g/mol. The number of aromatic nitrogens is 2. The van der Waals surface area contributed by atoms with Crippen molar-refractivity contribution >= 4 is 39.9 Å². The van der Waals surface area contributed by atoms with Gasteiger partial charge in [0, 0.05) is 42.9 Å². The lowest BCUT2D eigenvalue weighted by Gasteiger charge is -2.23. The maximum absolute atomic E-state index is 13.3. The molecule has 0 N–H and O–H groups in total. The van der Waals surface area contributed by atoms with E-state index in [2.05, 4.69) is 35.4 Å². The summed E-state index contributed by atoms with van der Waals surface area (Å²) < 4.78 is 1.88. The van der Waals surface area contributed by atoms with Crippen molar-refractivity contribution in [2.45, 2.75) is 37.6 Å². The fourth-order valence-electron chi connectivity index (χ4n) is 5.42. The molecule has 2 aromatic heterocycles. The van der Waals surface area contributed by atoms with Gasteiger partial charge in [0.05, 0.1) is 16.6 Å². The molecule has 7 rings (SSSR count). The third-order valence-electron chi connectivity index (χ3n) is 7.76. The van der Waals surface area contributed by atoms with Gasteiger partial charge in [-0.25, -0.2) is 0 Å². The Kier molecular flexibility index (Phi) is 4.34. The van der Waals surface area contributed by atoms with Gasteiger partial charge in [-0.05, 0) is 67.9 Å². The number of amidine groups is 1. The SMILES string of the molecule is Cn1ncc2cc(-c3ccc(C4=NC5(CC5)C(=O)N4C[C@@H]4CCN(C(=O)C5CC5)C4)s3)ccc21. The summed E-state index contributed by atoms with van der Waals surface area (Å²) in [4.78, 5) is 37.0. The van der Waals surface area contributed by atoms with Gasteiger partial charge in [0.15, 0.2) is 0 Å². The summed E-state index contributed by atoms with van der Waals surface area (Å²) in [7, 11) is 1.95. The lowest BCUT2D eigenvalue weighted by molar-refractivity contribution is -0.131. The molecule has 34 heavy (non-hydrogen) atoms. The lowest BCUT2D eigenvalue weighted by atomic mass is 10.1. The summed E-state index contributed by atoms with van der Waals surface area (Å²) in [6.45, 7) is 2.24. The first-order valence-corrected chi connectivity index (χ1v) is 13.1. The van der Waals surface area contributed by atoms with Gasteiger partial charge in [-0.1, -0.05) is 6.07 Å². The fraction of sp³-hybridized carbons (Fsp3) is 0.462. The van der Waals surface area contributed by atoms with Crippen molar-refractivity contribution in [3.05, 3.63) is 41.4 Å². The second-order valence-corrected chi connectivity index (χ2v) is 11.4. The van der Waals surface area contributed by atoms with Crippen LogP contribution < -0.4 is 0 Å². The number of benzene rings is 1. The highest BCUT2D eigenvalue weighted by atomic mass is 32.1. The van der Waals surface area contributed by atoms with E-state index in [1.54, 1.807) is 11.3 Å². The first-order chi connectivity index (χ1) is 16.5. The Bertz CT molecular complexity index is 1360. The molecule has 1 aromatic carbocycles. The highest BCUT2D eigenvalue weighted by Crippen LogP contribution is 2.47. The van der Waals surface area contributed by atoms with E-state index in [1.165, 1.54) is 0 Å². The molecule has 3 fully saturated rings. The molecule has 1 atom stereocenters. The summed E-state index contributed by atoms with van der Waals surface area (Å²) in [5, 5.41) is 5.47. The van der Waals surface area contributed by atoms with Gasteiger partial charge in [0.2, 0.25) is 5.91 Å². The maximum Gasteiger partial charge on any atom is 0.256 e. The minimum Gasteiger partial charge on any atom is -0.342 e. The van der Waals surface area contributed by atoms with Gasteiger partial charge in [-0.15, -0.1) is 11.3 Å². The quantitative estimate of drug-likeness (QED) is 0.568. The third-order valence-corrected chi connectivity index (χ3v) is 8.89. The van der Waals surface area contributed by atoms with E-state index in [0.29, 0.717) is 18.4 Å². The van der Waals surface area contributed by atoms with E-state index >= 15 is 0 Å². The van der Waals surface area contributed by atoms with Crippen molar-refractivity contribution < 1.29 is 9.59 Å². The van der Waals surface area contributed by atoms with E-state index in [9.17, 15) is 9.59 Å². The van der Waals surface area contributed by atoms with Crippen molar-refractivity contribution in [2.75, 3.05) is 19.6 Å². The minimum absolute atomic E-state index is 0.154. The first-order valence-electron chi connectivity index (χ1n) is 12.2. The molecule has 7 nitrogen and oxygen atoms in total. The number of hydrogen-bond acceptors (Lipinski definition) is 5. The Morgan fingerprint density at radius 2 is 1.97 bits per heavy atom. The van der Waals surface area contributed by atoms with Crippen LogP contribution in [0.5, 0.6) is 0 Å². The molecule has 0 unspecified atom stereocenters. The molecule has 2 aliphatic heterocycles. The van der Waals surface area contributed by atoms with Crippen LogP contribution in [0, 0.1) is 11.8 Å². The van der Waals surface area contributed by atoms with Crippen LogP contribution in [-0.4, -0.2) is 62.4 Å². The highest BCUT2D eigenvalue weighted by Gasteiger charge is 2.57. The number of hydrogen-bond donors (Lipinski definition) is 0. The van der Waals surface area contributed by atoms with Crippen molar-refractivity contribution in [1.82, 2.24) is 19.6 Å². The molecule has 2 aliphatic carbocycles. The molecule has 3 aromatic rings. The van der Waals surface area contributed by atoms with Crippen molar-refractivity contribution in [2.24, 2.45) is 23.9 Å². The summed E-state index contributed by atoms with van der Waals surface area (Å²) in [6, 6.07) is 10.6. The molecule has 4 aliphatic rings. The molecule has 2 saturated carbocycles. The largest absolute Gasteiger partial charge is 0.342 e. The number of amides is 2. The van der Waals surface area contributed by atoms with Gasteiger partial charge >= 0.3 is 0 Å². The average molecular weight is 474 g/mol. The van der Waals surface area contributed by atoms with Crippen molar-refractivity contribution in [3.63, 3.8) is 0 Å². The zero-order valence-corrected chi connectivity index (χ0v) is 20.1. The molecule has 2 amide bonds. The first kappa shape index (κ1) is 20.4. The van der Waals surface area contributed by atoms with Crippen molar-refractivity contribution in [1.29, 1.82) is 0 Å². The lowest BCUT2D eigenvalue weighted by Crippen LogP contribution is -2.40. The molecule has 1 spiro atoms. The predicted molar refractivity (Wildman–Crippen MR) is 132 cm³/mol. The van der Waals surface area contributed by atoms with Crippen LogP contribution in [0.2, 0.25) is 0 Å². The Labute approximate surface area is 202 Å². The van der Waals surface area contributed by atoms with Gasteiger partial charge < -0.3 is 4.90 Å². The van der Waals surface area contributed by atoms with Crippen LogP contribution in [0.4, 0.5) is 0 Å². The number of aliphatic imine (C=N–C) groups is 1. The number of carbonyl (C=O) groups is 2. The minimum atomic E-state index is -0.518. The Hall–Kier alpha value is -3.00. The molecule has 8 heteroatoms. The zero-order chi connectivity index (χ0) is 23.0. The van der Waals surface area contributed by atoms with Crippen LogP contribution in [0.25, 0.3) is 21.3 Å². The number of rotatable bonds is 5. The smallest absolute Gasteiger partial charge is 0.256 e. The Balaban J connectivity index is 1.14. The second-order valence-electron chi connectivity index (χ2n) is 10.3. The van der Waals surface area contributed by atoms with Gasteiger partial charge in [0.1, 0.15) is 11.4 Å². The third kappa shape index (κ3) is 3.22. The van der Waals surface area contributed by atoms with E-state index in [4.69, 9.17) is 4.99 Å². The maximum atomic E-state index is 13.3. The number of carbonyl (C=O) groups excluding carboxylic acids is 2. The van der Waals surface area contributed by atoms with E-state index in [1.807, 2.05) is 27.7 Å². The van der Waals surface area contributed by atoms with Crippen LogP contribution in [0.1, 0.15) is 37.0 Å². The van der Waals surface area contributed by atoms with Crippen LogP contribution >= 0.6 is 11.3 Å². The Morgan fingerprint density at radius 3 is 2.76 bits per heavy atom. The highest BCUT2D eigenvalue weighted by molar-refractivity contribution is 7.17.